The normalized spacial score (nSPS) is 14.0. The van der Waals surface area contributed by atoms with E-state index >= 15 is 0 Å². The Balaban J connectivity index is 5.24. The second kappa shape index (κ2) is 80.7. The van der Waals surface area contributed by atoms with Crippen LogP contribution in [0.4, 0.5) is 0 Å². The van der Waals surface area contributed by atoms with Crippen molar-refractivity contribution >= 4 is 39.5 Å². The molecule has 6 atom stereocenters. The molecular formula is C88H172O17P2. The number of rotatable bonds is 88. The standard InChI is InChI=1S/C88H172O17P2/c1-6-10-13-16-19-22-25-28-30-32-34-36-38-40-42-44-47-53-58-63-68-73-87(92)104-83(77-99-86(91)72-67-62-57-52-46-43-41-39-37-35-33-31-29-26-23-20-17-14-11-7-2)79-102-106(94,95)100-75-82(89)76-101-107(96,97)103-80-84(78-98-85(90)71-66-61-56-51-45-27-24-21-18-15-12-8-3)105-88(93)74-69-64-59-54-49-48-50-55-60-65-70-81(5)9-4/h81-84,89H,6-80H2,1-5H3,(H,94,95)(H,96,97)/t81?,82-,83-,84-/m1/s1. The molecule has 0 rings (SSSR count). The van der Waals surface area contributed by atoms with Gasteiger partial charge in [0.1, 0.15) is 19.3 Å². The van der Waals surface area contributed by atoms with Crippen LogP contribution in [-0.2, 0) is 65.4 Å². The summed E-state index contributed by atoms with van der Waals surface area (Å²) in [6.45, 7) is 7.40. The molecule has 0 aliphatic carbocycles. The van der Waals surface area contributed by atoms with Gasteiger partial charge in [-0.1, -0.05) is 426 Å². The van der Waals surface area contributed by atoms with Gasteiger partial charge in [-0.25, -0.2) is 9.13 Å². The van der Waals surface area contributed by atoms with E-state index < -0.39 is 97.5 Å². The van der Waals surface area contributed by atoms with Crippen molar-refractivity contribution in [1.29, 1.82) is 0 Å². The van der Waals surface area contributed by atoms with Crippen LogP contribution >= 0.6 is 15.6 Å². The minimum absolute atomic E-state index is 0.107. The van der Waals surface area contributed by atoms with Gasteiger partial charge >= 0.3 is 39.5 Å². The second-order valence-corrected chi connectivity index (χ2v) is 34.8. The molecule has 3 N–H and O–H groups in total. The van der Waals surface area contributed by atoms with E-state index in [1.165, 1.54) is 302 Å². The first-order valence-corrected chi connectivity index (χ1v) is 48.7. The predicted molar refractivity (Wildman–Crippen MR) is 442 cm³/mol. The summed E-state index contributed by atoms with van der Waals surface area (Å²) in [4.78, 5) is 73.3. The molecule has 0 fully saturated rings. The molecule has 0 saturated carbocycles. The van der Waals surface area contributed by atoms with Crippen LogP contribution < -0.4 is 0 Å². The van der Waals surface area contributed by atoms with Crippen LogP contribution in [0.3, 0.4) is 0 Å². The first-order chi connectivity index (χ1) is 52.1. The Morgan fingerprint density at radius 3 is 0.664 bits per heavy atom. The molecule has 0 aromatic heterocycles. The first kappa shape index (κ1) is 105. The van der Waals surface area contributed by atoms with Crippen molar-refractivity contribution in [3.63, 3.8) is 0 Å². The van der Waals surface area contributed by atoms with Crippen LogP contribution in [0.15, 0.2) is 0 Å². The third kappa shape index (κ3) is 80.5. The van der Waals surface area contributed by atoms with Crippen LogP contribution in [0.2, 0.25) is 0 Å². The Morgan fingerprint density at radius 2 is 0.449 bits per heavy atom. The zero-order valence-electron chi connectivity index (χ0n) is 70.3. The number of aliphatic hydroxyl groups excluding tert-OH is 1. The molecule has 0 bridgehead atoms. The Morgan fingerprint density at radius 1 is 0.262 bits per heavy atom. The molecule has 0 aliphatic rings. The van der Waals surface area contributed by atoms with Gasteiger partial charge in [-0.3, -0.25) is 37.3 Å². The highest BCUT2D eigenvalue weighted by molar-refractivity contribution is 7.47. The van der Waals surface area contributed by atoms with Gasteiger partial charge in [-0.05, 0) is 31.6 Å². The maximum atomic E-state index is 13.2. The van der Waals surface area contributed by atoms with Crippen molar-refractivity contribution in [2.24, 2.45) is 5.92 Å². The molecule has 0 spiro atoms. The highest BCUT2D eigenvalue weighted by atomic mass is 31.2. The lowest BCUT2D eigenvalue weighted by molar-refractivity contribution is -0.161. The molecule has 0 radical (unpaired) electrons. The molecule has 0 aromatic carbocycles. The fraction of sp³-hybridized carbons (Fsp3) is 0.955. The van der Waals surface area contributed by atoms with E-state index in [4.69, 9.17) is 37.0 Å². The van der Waals surface area contributed by atoms with Crippen LogP contribution in [0.25, 0.3) is 0 Å². The van der Waals surface area contributed by atoms with Crippen LogP contribution in [-0.4, -0.2) is 96.7 Å². The van der Waals surface area contributed by atoms with E-state index in [1.54, 1.807) is 0 Å². The highest BCUT2D eigenvalue weighted by Gasteiger charge is 2.30. The topological polar surface area (TPSA) is 237 Å². The zero-order chi connectivity index (χ0) is 78.3. The van der Waals surface area contributed by atoms with Crippen molar-refractivity contribution in [3.05, 3.63) is 0 Å². The number of aliphatic hydroxyl groups is 1. The molecular weight excluding hydrogens is 1390 g/mol. The number of phosphoric ester groups is 2. The molecule has 0 heterocycles. The first-order valence-electron chi connectivity index (χ1n) is 45.7. The summed E-state index contributed by atoms with van der Waals surface area (Å²) in [7, 11) is -9.93. The fourth-order valence-corrected chi connectivity index (χ4v) is 15.4. The monoisotopic (exact) mass is 1560 g/mol. The summed E-state index contributed by atoms with van der Waals surface area (Å²) in [6, 6.07) is 0. The Labute approximate surface area is 658 Å². The highest BCUT2D eigenvalue weighted by Crippen LogP contribution is 2.45. The van der Waals surface area contributed by atoms with Crippen LogP contribution in [0.1, 0.15) is 478 Å². The van der Waals surface area contributed by atoms with Crippen molar-refractivity contribution in [2.75, 3.05) is 39.6 Å². The van der Waals surface area contributed by atoms with Crippen molar-refractivity contribution < 1.29 is 80.2 Å². The lowest BCUT2D eigenvalue weighted by Crippen LogP contribution is -2.30. The summed E-state index contributed by atoms with van der Waals surface area (Å²) in [5.74, 6) is -1.29. The molecule has 0 aromatic rings. The van der Waals surface area contributed by atoms with Gasteiger partial charge in [-0.15, -0.1) is 0 Å². The van der Waals surface area contributed by atoms with Crippen molar-refractivity contribution in [3.8, 4) is 0 Å². The van der Waals surface area contributed by atoms with E-state index in [2.05, 4.69) is 34.6 Å². The van der Waals surface area contributed by atoms with Gasteiger partial charge in [0.05, 0.1) is 26.4 Å². The maximum absolute atomic E-state index is 13.2. The summed E-state index contributed by atoms with van der Waals surface area (Å²) in [5.41, 5.74) is 0. The minimum Gasteiger partial charge on any atom is -0.462 e. The van der Waals surface area contributed by atoms with Crippen molar-refractivity contribution in [2.45, 2.75) is 496 Å². The molecule has 0 aliphatic heterocycles. The largest absolute Gasteiger partial charge is 0.472 e. The van der Waals surface area contributed by atoms with Gasteiger partial charge in [0.25, 0.3) is 0 Å². The van der Waals surface area contributed by atoms with Crippen LogP contribution in [0.5, 0.6) is 0 Å². The van der Waals surface area contributed by atoms with E-state index in [9.17, 15) is 43.2 Å². The van der Waals surface area contributed by atoms with Gasteiger partial charge in [-0.2, -0.15) is 0 Å². The number of carbonyl (C=O) groups excluding carboxylic acids is 4. The quantitative estimate of drug-likeness (QED) is 0.0222. The molecule has 0 saturated heterocycles. The smallest absolute Gasteiger partial charge is 0.462 e. The van der Waals surface area contributed by atoms with E-state index in [-0.39, 0.29) is 25.7 Å². The third-order valence-corrected chi connectivity index (χ3v) is 23.0. The average Bonchev–Trinajstić information content (AvgIpc) is 0.902. The number of carbonyl (C=O) groups is 4. The van der Waals surface area contributed by atoms with Crippen molar-refractivity contribution in [1.82, 2.24) is 0 Å². The van der Waals surface area contributed by atoms with E-state index in [1.807, 2.05) is 0 Å². The number of ether oxygens (including phenoxy) is 4. The molecule has 107 heavy (non-hydrogen) atoms. The van der Waals surface area contributed by atoms with Gasteiger partial charge < -0.3 is 33.8 Å². The maximum Gasteiger partial charge on any atom is 0.472 e. The SMILES string of the molecule is CCCCCCCCCCCCCCCCCCCCCCCC(=O)O[C@H](COC(=O)CCCCCCCCCCCCCCCCCCCCCC)COP(=O)(O)OC[C@@H](O)COP(=O)(O)OC[C@@H](COC(=O)CCCCCCCCCCCCCC)OC(=O)CCCCCCCCCCCCC(C)CC. The Bertz CT molecular complexity index is 2030. The van der Waals surface area contributed by atoms with Crippen LogP contribution in [0, 0.1) is 5.92 Å². The molecule has 17 nitrogen and oxygen atoms in total. The minimum atomic E-state index is -4.97. The number of hydrogen-bond acceptors (Lipinski definition) is 15. The number of phosphoric acid groups is 2. The average molecular weight is 1560 g/mol. The van der Waals surface area contributed by atoms with Gasteiger partial charge in [0.2, 0.25) is 0 Å². The lowest BCUT2D eigenvalue weighted by Gasteiger charge is -2.21. The molecule has 19 heteroatoms. The number of esters is 4. The summed E-state index contributed by atoms with van der Waals surface area (Å²) in [5, 5.41) is 10.7. The molecule has 0 amide bonds. The molecule has 636 valence electrons. The number of unbranched alkanes of at least 4 members (excludes halogenated alkanes) is 59. The number of hydrogen-bond donors (Lipinski definition) is 3. The summed E-state index contributed by atoms with van der Waals surface area (Å²) in [6.07, 6.45) is 75.0. The van der Waals surface area contributed by atoms with E-state index in [0.29, 0.717) is 25.7 Å². The predicted octanol–water partition coefficient (Wildman–Crippen LogP) is 27.2. The van der Waals surface area contributed by atoms with Gasteiger partial charge in [0, 0.05) is 25.7 Å². The lowest BCUT2D eigenvalue weighted by atomic mass is 9.99. The van der Waals surface area contributed by atoms with Gasteiger partial charge in [0.15, 0.2) is 12.2 Å². The third-order valence-electron chi connectivity index (χ3n) is 21.1. The summed E-state index contributed by atoms with van der Waals surface area (Å²) < 4.78 is 69.0. The Hall–Kier alpha value is -1.94. The second-order valence-electron chi connectivity index (χ2n) is 31.9. The van der Waals surface area contributed by atoms with E-state index in [0.717, 1.165) is 95.8 Å². The Kier molecular flexibility index (Phi) is 79.2. The fourth-order valence-electron chi connectivity index (χ4n) is 13.8. The zero-order valence-corrected chi connectivity index (χ0v) is 72.1. The molecule has 3 unspecified atom stereocenters. The summed E-state index contributed by atoms with van der Waals surface area (Å²) >= 11 is 0.